The van der Waals surface area contributed by atoms with Gasteiger partial charge in [0.2, 0.25) is 0 Å². The number of nitrogens with two attached hydrogens (primary N) is 1. The smallest absolute Gasteiger partial charge is 0.0346 e. The molecule has 0 amide bonds. The molecule has 1 aromatic rings. The molecule has 0 aliphatic rings. The van der Waals surface area contributed by atoms with Crippen molar-refractivity contribution in [1.82, 2.24) is 0 Å². The summed E-state index contributed by atoms with van der Waals surface area (Å²) in [6, 6.07) is 8.31. The van der Waals surface area contributed by atoms with Gasteiger partial charge < -0.3 is 5.73 Å². The van der Waals surface area contributed by atoms with Crippen molar-refractivity contribution >= 4 is 5.69 Å². The normalized spacial score (nSPS) is 11.1. The topological polar surface area (TPSA) is 26.0 Å². The highest BCUT2D eigenvalue weighted by atomic mass is 14.6. The third-order valence-electron chi connectivity index (χ3n) is 5.85. The summed E-state index contributed by atoms with van der Waals surface area (Å²) >= 11 is 0. The third-order valence-corrected chi connectivity index (χ3v) is 5.85. The molecule has 1 aromatic carbocycles. The number of rotatable bonds is 19. The van der Waals surface area contributed by atoms with E-state index in [4.69, 9.17) is 5.73 Å². The highest BCUT2D eigenvalue weighted by molar-refractivity contribution is 5.46. The van der Waals surface area contributed by atoms with E-state index in [-0.39, 0.29) is 0 Å². The molecule has 0 aromatic heterocycles. The van der Waals surface area contributed by atoms with Crippen LogP contribution in [0.1, 0.15) is 128 Å². The first-order chi connectivity index (χ1) is 13.3. The zero-order valence-corrected chi connectivity index (χ0v) is 18.3. The molecular formula is C26H47N. The predicted octanol–water partition coefficient (Wildman–Crippen LogP) is 8.85. The molecule has 0 aliphatic carbocycles. The first kappa shape index (κ1) is 24.1. The average Bonchev–Trinajstić information content (AvgIpc) is 2.68. The van der Waals surface area contributed by atoms with E-state index in [1.54, 1.807) is 0 Å². The molecule has 1 rings (SSSR count). The van der Waals surface area contributed by atoms with Crippen LogP contribution in [0, 0.1) is 0 Å². The summed E-state index contributed by atoms with van der Waals surface area (Å²) in [5, 5.41) is 0. The van der Waals surface area contributed by atoms with Crippen LogP contribution in [0.5, 0.6) is 0 Å². The van der Waals surface area contributed by atoms with Gasteiger partial charge in [0.15, 0.2) is 0 Å². The highest BCUT2D eigenvalue weighted by Crippen LogP contribution is 2.16. The maximum atomic E-state index is 6.00. The van der Waals surface area contributed by atoms with Crippen molar-refractivity contribution in [2.24, 2.45) is 0 Å². The minimum atomic E-state index is 0.962. The molecule has 0 atom stereocenters. The monoisotopic (exact) mass is 373 g/mol. The molecule has 0 spiro atoms. The summed E-state index contributed by atoms with van der Waals surface area (Å²) in [5.74, 6) is 0. The van der Waals surface area contributed by atoms with Gasteiger partial charge in [0.05, 0.1) is 0 Å². The van der Waals surface area contributed by atoms with Crippen LogP contribution in [0.2, 0.25) is 0 Å². The van der Waals surface area contributed by atoms with Crippen molar-refractivity contribution in [3.8, 4) is 0 Å². The van der Waals surface area contributed by atoms with Gasteiger partial charge in [0.1, 0.15) is 0 Å². The van der Waals surface area contributed by atoms with Gasteiger partial charge in [-0.05, 0) is 24.5 Å². The number of para-hydroxylation sites is 1. The van der Waals surface area contributed by atoms with Crippen molar-refractivity contribution in [1.29, 1.82) is 0 Å². The Morgan fingerprint density at radius 3 is 1.30 bits per heavy atom. The lowest BCUT2D eigenvalue weighted by atomic mass is 10.0. The molecule has 0 heterocycles. The van der Waals surface area contributed by atoms with Crippen LogP contribution in [-0.2, 0) is 6.42 Å². The van der Waals surface area contributed by atoms with E-state index in [1.165, 1.54) is 121 Å². The minimum absolute atomic E-state index is 0.962. The molecule has 0 aliphatic heterocycles. The van der Waals surface area contributed by atoms with E-state index in [1.807, 2.05) is 12.1 Å². The number of hydrogen-bond donors (Lipinski definition) is 1. The van der Waals surface area contributed by atoms with E-state index < -0.39 is 0 Å². The van der Waals surface area contributed by atoms with E-state index in [0.717, 1.165) is 12.1 Å². The molecular weight excluding hydrogens is 326 g/mol. The fourth-order valence-corrected chi connectivity index (χ4v) is 3.98. The van der Waals surface area contributed by atoms with Crippen molar-refractivity contribution < 1.29 is 0 Å². The summed E-state index contributed by atoms with van der Waals surface area (Å²) in [6.07, 6.45) is 26.9. The second-order valence-corrected chi connectivity index (χ2v) is 8.46. The predicted molar refractivity (Wildman–Crippen MR) is 123 cm³/mol. The Kier molecular flexibility index (Phi) is 16.4. The highest BCUT2D eigenvalue weighted by Gasteiger charge is 1.98. The number of aryl methyl sites for hydroxylation is 1. The molecule has 27 heavy (non-hydrogen) atoms. The lowest BCUT2D eigenvalue weighted by Gasteiger charge is -2.05. The first-order valence-electron chi connectivity index (χ1n) is 12.2. The van der Waals surface area contributed by atoms with Gasteiger partial charge in [-0.15, -0.1) is 0 Å². The summed E-state index contributed by atoms with van der Waals surface area (Å²) in [7, 11) is 0. The standard InChI is InChI=1S/C26H47N/c1-2-3-4-5-6-7-8-9-10-11-12-13-14-15-16-17-18-19-22-25-23-20-21-24-26(25)27/h20-21,23-24H,2-19,22,27H2,1H3. The van der Waals surface area contributed by atoms with Gasteiger partial charge >= 0.3 is 0 Å². The second-order valence-electron chi connectivity index (χ2n) is 8.46. The zero-order valence-electron chi connectivity index (χ0n) is 18.3. The second kappa shape index (κ2) is 18.4. The summed E-state index contributed by atoms with van der Waals surface area (Å²) in [6.45, 7) is 2.30. The van der Waals surface area contributed by atoms with E-state index in [9.17, 15) is 0 Å². The Labute approximate surface area is 170 Å². The van der Waals surface area contributed by atoms with Gasteiger partial charge in [-0.1, -0.05) is 134 Å². The average molecular weight is 374 g/mol. The molecule has 0 bridgehead atoms. The van der Waals surface area contributed by atoms with Crippen LogP contribution < -0.4 is 5.73 Å². The number of hydrogen-bond acceptors (Lipinski definition) is 1. The number of nitrogen functional groups attached to an aromatic ring is 1. The quantitative estimate of drug-likeness (QED) is 0.190. The van der Waals surface area contributed by atoms with Crippen LogP contribution in [0.3, 0.4) is 0 Å². The molecule has 1 heteroatoms. The molecule has 0 saturated heterocycles. The minimum Gasteiger partial charge on any atom is -0.399 e. The van der Waals surface area contributed by atoms with Crippen LogP contribution in [0.4, 0.5) is 5.69 Å². The zero-order chi connectivity index (χ0) is 19.4. The van der Waals surface area contributed by atoms with E-state index >= 15 is 0 Å². The first-order valence-corrected chi connectivity index (χ1v) is 12.2. The van der Waals surface area contributed by atoms with E-state index in [0.29, 0.717) is 0 Å². The molecule has 0 radical (unpaired) electrons. The third kappa shape index (κ3) is 14.7. The van der Waals surface area contributed by atoms with Gasteiger partial charge in [-0.2, -0.15) is 0 Å². The fourth-order valence-electron chi connectivity index (χ4n) is 3.98. The summed E-state index contributed by atoms with van der Waals surface area (Å²) in [5.41, 5.74) is 8.29. The number of unbranched alkanes of at least 4 members (excludes halogenated alkanes) is 17. The molecule has 0 unspecified atom stereocenters. The maximum Gasteiger partial charge on any atom is 0.0346 e. The Morgan fingerprint density at radius 1 is 0.519 bits per heavy atom. The van der Waals surface area contributed by atoms with Gasteiger partial charge in [-0.25, -0.2) is 0 Å². The Morgan fingerprint density at radius 2 is 0.889 bits per heavy atom. The lowest BCUT2D eigenvalue weighted by molar-refractivity contribution is 0.525. The van der Waals surface area contributed by atoms with Crippen LogP contribution in [0.25, 0.3) is 0 Å². The Bertz CT molecular complexity index is 426. The summed E-state index contributed by atoms with van der Waals surface area (Å²) < 4.78 is 0. The molecule has 0 saturated carbocycles. The number of anilines is 1. The Hall–Kier alpha value is -0.980. The molecule has 156 valence electrons. The fraction of sp³-hybridized carbons (Fsp3) is 0.769. The number of benzene rings is 1. The Balaban J connectivity index is 1.73. The van der Waals surface area contributed by atoms with Crippen molar-refractivity contribution in [2.75, 3.05) is 5.73 Å². The van der Waals surface area contributed by atoms with Crippen LogP contribution in [0.15, 0.2) is 24.3 Å². The lowest BCUT2D eigenvalue weighted by Crippen LogP contribution is -1.93. The largest absolute Gasteiger partial charge is 0.399 e. The van der Waals surface area contributed by atoms with Crippen molar-refractivity contribution in [2.45, 2.75) is 129 Å². The van der Waals surface area contributed by atoms with Gasteiger partial charge in [0.25, 0.3) is 0 Å². The SMILES string of the molecule is CCCCCCCCCCCCCCCCCCCCc1ccccc1N. The van der Waals surface area contributed by atoms with Crippen LogP contribution in [-0.4, -0.2) is 0 Å². The molecule has 0 fully saturated rings. The molecule has 2 N–H and O–H groups in total. The molecule has 1 nitrogen and oxygen atoms in total. The maximum absolute atomic E-state index is 6.00. The summed E-state index contributed by atoms with van der Waals surface area (Å²) in [4.78, 5) is 0. The van der Waals surface area contributed by atoms with Crippen molar-refractivity contribution in [3.63, 3.8) is 0 Å². The van der Waals surface area contributed by atoms with Gasteiger partial charge in [-0.3, -0.25) is 0 Å². The van der Waals surface area contributed by atoms with Crippen LogP contribution >= 0.6 is 0 Å². The van der Waals surface area contributed by atoms with E-state index in [2.05, 4.69) is 19.1 Å². The van der Waals surface area contributed by atoms with Crippen molar-refractivity contribution in [3.05, 3.63) is 29.8 Å². The van der Waals surface area contributed by atoms with Gasteiger partial charge in [0, 0.05) is 5.69 Å².